The van der Waals surface area contributed by atoms with E-state index in [-0.39, 0.29) is 22.6 Å². The fraction of sp³-hybridized carbons (Fsp3) is 0.0625. The van der Waals surface area contributed by atoms with Gasteiger partial charge < -0.3 is 14.7 Å². The lowest BCUT2D eigenvalue weighted by Crippen LogP contribution is -2.10. The molecule has 122 valence electrons. The van der Waals surface area contributed by atoms with Crippen molar-refractivity contribution in [3.63, 3.8) is 0 Å². The van der Waals surface area contributed by atoms with Crippen LogP contribution in [0.15, 0.2) is 53.5 Å². The molecule has 1 N–H and O–H groups in total. The van der Waals surface area contributed by atoms with Gasteiger partial charge in [0.1, 0.15) is 11.5 Å². The van der Waals surface area contributed by atoms with E-state index in [4.69, 9.17) is 9.47 Å². The fourth-order valence-electron chi connectivity index (χ4n) is 2.26. The average Bonchev–Trinajstić information content (AvgIpc) is 2.57. The number of nitro groups is 1. The van der Waals surface area contributed by atoms with Gasteiger partial charge in [-0.2, -0.15) is 4.73 Å². The summed E-state index contributed by atoms with van der Waals surface area (Å²) < 4.78 is 11.5. The van der Waals surface area contributed by atoms with Gasteiger partial charge in [0, 0.05) is 36.0 Å². The van der Waals surface area contributed by atoms with Gasteiger partial charge in [-0.3, -0.25) is 14.9 Å². The number of ether oxygens (including phenoxy) is 2. The van der Waals surface area contributed by atoms with Crippen LogP contribution >= 0.6 is 0 Å². The highest BCUT2D eigenvalue weighted by Gasteiger charge is 2.17. The monoisotopic (exact) mass is 328 g/mol. The molecule has 1 aliphatic carbocycles. The van der Waals surface area contributed by atoms with E-state index in [2.05, 4.69) is 0 Å². The van der Waals surface area contributed by atoms with Crippen LogP contribution in [0.25, 0.3) is 11.3 Å². The lowest BCUT2D eigenvalue weighted by Gasteiger charge is -2.16. The number of benzene rings is 2. The standard InChI is InChI=1S/C16H12N2O6/c1-23-16-8-12-13(9-14(16)19)17(20)7-6-15(12)24-11-4-2-10(3-5-11)18(21)22/h2-9,20H,1H3. The smallest absolute Gasteiger partial charge is 0.269 e. The number of nitrogens with zero attached hydrogens (tertiary/aromatic N) is 2. The summed E-state index contributed by atoms with van der Waals surface area (Å²) in [5.41, 5.74) is 0.279. The van der Waals surface area contributed by atoms with Crippen molar-refractivity contribution in [3.8, 4) is 28.5 Å². The number of methoxy groups -OCH3 is 1. The van der Waals surface area contributed by atoms with Crippen molar-refractivity contribution in [1.82, 2.24) is 4.73 Å². The number of pyridine rings is 1. The van der Waals surface area contributed by atoms with Crippen LogP contribution in [0.5, 0.6) is 17.2 Å². The minimum absolute atomic E-state index is 0.0499. The summed E-state index contributed by atoms with van der Waals surface area (Å²) in [5.74, 6) is 0.854. The second-order valence-corrected chi connectivity index (χ2v) is 4.90. The number of aromatic nitrogens is 1. The molecule has 3 rings (SSSR count). The molecule has 1 heterocycles. The molecule has 8 nitrogen and oxygen atoms in total. The van der Waals surface area contributed by atoms with Gasteiger partial charge in [-0.25, -0.2) is 0 Å². The number of hydrogen-bond donors (Lipinski definition) is 1. The minimum Gasteiger partial charge on any atom is -0.493 e. The van der Waals surface area contributed by atoms with Crippen molar-refractivity contribution >= 4 is 5.69 Å². The van der Waals surface area contributed by atoms with Crippen molar-refractivity contribution in [3.05, 3.63) is 69.0 Å². The van der Waals surface area contributed by atoms with Gasteiger partial charge in [-0.05, 0) is 18.2 Å². The molecule has 1 aromatic carbocycles. The maximum Gasteiger partial charge on any atom is 0.269 e. The van der Waals surface area contributed by atoms with Gasteiger partial charge in [0.15, 0.2) is 5.75 Å². The number of fused-ring (bicyclic) bond motifs is 1. The normalized spacial score (nSPS) is 10.5. The molecule has 0 fully saturated rings. The van der Waals surface area contributed by atoms with E-state index >= 15 is 0 Å². The highest BCUT2D eigenvalue weighted by Crippen LogP contribution is 2.35. The zero-order valence-corrected chi connectivity index (χ0v) is 12.5. The first-order valence-corrected chi connectivity index (χ1v) is 6.84. The van der Waals surface area contributed by atoms with E-state index < -0.39 is 4.92 Å². The van der Waals surface area contributed by atoms with Crippen LogP contribution in [0.4, 0.5) is 5.69 Å². The molecule has 1 aromatic rings. The van der Waals surface area contributed by atoms with E-state index in [1.54, 1.807) is 0 Å². The van der Waals surface area contributed by atoms with Crippen LogP contribution in [0, 0.1) is 10.1 Å². The van der Waals surface area contributed by atoms with Gasteiger partial charge in [-0.1, -0.05) is 0 Å². The molecule has 0 amide bonds. The molecule has 0 saturated heterocycles. The molecule has 0 radical (unpaired) electrons. The zero-order chi connectivity index (χ0) is 17.3. The second-order valence-electron chi connectivity index (χ2n) is 4.90. The van der Waals surface area contributed by atoms with E-state index in [1.165, 1.54) is 55.8 Å². The topological polar surface area (TPSA) is 104 Å². The Hall–Kier alpha value is -3.55. The van der Waals surface area contributed by atoms with Crippen LogP contribution in [-0.4, -0.2) is 22.0 Å². The first-order chi connectivity index (χ1) is 11.5. The van der Waals surface area contributed by atoms with Crippen molar-refractivity contribution in [1.29, 1.82) is 0 Å². The maximum absolute atomic E-state index is 11.8. The van der Waals surface area contributed by atoms with Crippen LogP contribution in [0.2, 0.25) is 0 Å². The molecule has 24 heavy (non-hydrogen) atoms. The summed E-state index contributed by atoms with van der Waals surface area (Å²) in [5, 5.41) is 20.5. The largest absolute Gasteiger partial charge is 0.493 e. The lowest BCUT2D eigenvalue weighted by molar-refractivity contribution is -0.384. The Morgan fingerprint density at radius 3 is 2.46 bits per heavy atom. The number of nitro benzene ring substituents is 1. The molecule has 0 spiro atoms. The molecule has 0 aromatic heterocycles. The maximum atomic E-state index is 11.8. The molecular formula is C16H12N2O6. The highest BCUT2D eigenvalue weighted by molar-refractivity contribution is 5.71. The van der Waals surface area contributed by atoms with E-state index in [9.17, 15) is 20.1 Å². The molecule has 8 heteroatoms. The molecule has 0 bridgehead atoms. The van der Waals surface area contributed by atoms with Crippen molar-refractivity contribution in [2.45, 2.75) is 0 Å². The Morgan fingerprint density at radius 1 is 1.12 bits per heavy atom. The van der Waals surface area contributed by atoms with E-state index in [0.717, 1.165) is 4.73 Å². The molecule has 0 unspecified atom stereocenters. The summed E-state index contributed by atoms with van der Waals surface area (Å²) in [4.78, 5) is 22.0. The highest BCUT2D eigenvalue weighted by atomic mass is 16.6. The summed E-state index contributed by atoms with van der Waals surface area (Å²) in [7, 11) is 1.37. The summed E-state index contributed by atoms with van der Waals surface area (Å²) in [6.07, 6.45) is 1.33. The van der Waals surface area contributed by atoms with E-state index in [1.807, 2.05) is 0 Å². The van der Waals surface area contributed by atoms with E-state index in [0.29, 0.717) is 17.1 Å². The first kappa shape index (κ1) is 15.3. The van der Waals surface area contributed by atoms with Gasteiger partial charge in [0.05, 0.1) is 17.7 Å². The Balaban J connectivity index is 2.05. The van der Waals surface area contributed by atoms with Gasteiger partial charge in [0.2, 0.25) is 5.43 Å². The number of rotatable bonds is 4. The third kappa shape index (κ3) is 2.72. The Labute approximate surface area is 135 Å². The zero-order valence-electron chi connectivity index (χ0n) is 12.5. The number of hydrogen-bond acceptors (Lipinski definition) is 6. The Bertz CT molecular complexity index is 932. The van der Waals surface area contributed by atoms with Crippen molar-refractivity contribution in [2.24, 2.45) is 0 Å². The molecule has 2 aliphatic rings. The number of non-ortho nitro benzene ring substituents is 1. The first-order valence-electron chi connectivity index (χ1n) is 6.84. The Kier molecular flexibility index (Phi) is 3.78. The van der Waals surface area contributed by atoms with Crippen LogP contribution < -0.4 is 14.9 Å². The van der Waals surface area contributed by atoms with Crippen LogP contribution in [-0.2, 0) is 0 Å². The SMILES string of the molecule is COc1cc2c(Oc3ccc([N+](=O)[O-])cc3)ccn(O)c-2cc1=O. The van der Waals surface area contributed by atoms with Gasteiger partial charge in [-0.15, -0.1) is 0 Å². The predicted molar refractivity (Wildman–Crippen MR) is 84.2 cm³/mol. The quantitative estimate of drug-likeness (QED) is 0.448. The Morgan fingerprint density at radius 2 is 1.83 bits per heavy atom. The van der Waals surface area contributed by atoms with Crippen LogP contribution in [0.3, 0.4) is 0 Å². The van der Waals surface area contributed by atoms with Gasteiger partial charge >= 0.3 is 0 Å². The molecule has 1 aliphatic heterocycles. The summed E-state index contributed by atoms with van der Waals surface area (Å²) in [6, 6.07) is 9.77. The van der Waals surface area contributed by atoms with Crippen LogP contribution in [0.1, 0.15) is 0 Å². The predicted octanol–water partition coefficient (Wildman–Crippen LogP) is 2.90. The fourth-order valence-corrected chi connectivity index (χ4v) is 2.26. The molecular weight excluding hydrogens is 316 g/mol. The average molecular weight is 328 g/mol. The summed E-state index contributed by atoms with van der Waals surface area (Å²) >= 11 is 0. The van der Waals surface area contributed by atoms with Gasteiger partial charge in [0.25, 0.3) is 5.69 Å². The van der Waals surface area contributed by atoms with Crippen molar-refractivity contribution < 1.29 is 19.6 Å². The lowest BCUT2D eigenvalue weighted by atomic mass is 10.1. The molecule has 0 saturated carbocycles. The van der Waals surface area contributed by atoms with Crippen molar-refractivity contribution in [2.75, 3.05) is 7.11 Å². The second kappa shape index (κ2) is 5.92. The third-order valence-electron chi connectivity index (χ3n) is 3.44. The minimum atomic E-state index is -0.503. The molecule has 0 atom stereocenters. The third-order valence-corrected chi connectivity index (χ3v) is 3.44. The summed E-state index contributed by atoms with van der Waals surface area (Å²) in [6.45, 7) is 0.